The number of benzene rings is 2. The summed E-state index contributed by atoms with van der Waals surface area (Å²) in [5, 5.41) is 0.608. The molecule has 1 saturated heterocycles. The first-order valence-corrected chi connectivity index (χ1v) is 11.5. The van der Waals surface area contributed by atoms with Gasteiger partial charge in [-0.3, -0.25) is 4.79 Å². The fourth-order valence-corrected chi connectivity index (χ4v) is 5.73. The standard InChI is InChI=1S/C24H21ClN2O3S/c1-14-16(15-9-11-30-12-10-15)6-4-8-20(14)27-23(28)22-19(26-24(27)29)13-21(31-22)17-5-2-3-7-18(17)25/h2-8,13,15H,9-12H2,1H3,(H,26,29). The zero-order chi connectivity index (χ0) is 21.5. The summed E-state index contributed by atoms with van der Waals surface area (Å²) in [4.78, 5) is 30.1. The average molecular weight is 453 g/mol. The van der Waals surface area contributed by atoms with Crippen molar-refractivity contribution in [3.63, 3.8) is 0 Å². The second-order valence-electron chi connectivity index (χ2n) is 7.78. The summed E-state index contributed by atoms with van der Waals surface area (Å²) in [5.41, 5.74) is 3.39. The number of aromatic amines is 1. The summed E-state index contributed by atoms with van der Waals surface area (Å²) in [6, 6.07) is 15.2. The van der Waals surface area contributed by atoms with Gasteiger partial charge in [-0.05, 0) is 55.0 Å². The predicted molar refractivity (Wildman–Crippen MR) is 126 cm³/mol. The van der Waals surface area contributed by atoms with Crippen LogP contribution in [0.2, 0.25) is 5.02 Å². The lowest BCUT2D eigenvalue weighted by Gasteiger charge is -2.25. The third-order valence-electron chi connectivity index (χ3n) is 5.96. The lowest BCUT2D eigenvalue weighted by molar-refractivity contribution is 0.0852. The van der Waals surface area contributed by atoms with Crippen molar-refractivity contribution in [2.45, 2.75) is 25.7 Å². The Balaban J connectivity index is 1.67. The highest BCUT2D eigenvalue weighted by atomic mass is 35.5. The smallest absolute Gasteiger partial charge is 0.333 e. The molecule has 0 aliphatic carbocycles. The quantitative estimate of drug-likeness (QED) is 0.461. The van der Waals surface area contributed by atoms with Gasteiger partial charge in [0.1, 0.15) is 4.70 Å². The molecule has 0 unspecified atom stereocenters. The topological polar surface area (TPSA) is 64.1 Å². The molecule has 0 atom stereocenters. The maximum Gasteiger partial charge on any atom is 0.333 e. The first-order chi connectivity index (χ1) is 15.0. The molecule has 0 saturated carbocycles. The Kier molecular flexibility index (Phi) is 5.30. The molecule has 158 valence electrons. The van der Waals surface area contributed by atoms with E-state index >= 15 is 0 Å². The van der Waals surface area contributed by atoms with E-state index in [2.05, 4.69) is 11.1 Å². The number of H-pyrrole nitrogens is 1. The molecule has 0 bridgehead atoms. The summed E-state index contributed by atoms with van der Waals surface area (Å²) >= 11 is 7.68. The van der Waals surface area contributed by atoms with Crippen molar-refractivity contribution in [1.82, 2.24) is 9.55 Å². The van der Waals surface area contributed by atoms with Crippen molar-refractivity contribution in [3.8, 4) is 16.1 Å². The molecule has 1 N–H and O–H groups in total. The molecule has 5 nitrogen and oxygen atoms in total. The Morgan fingerprint density at radius 2 is 1.87 bits per heavy atom. The SMILES string of the molecule is Cc1c(C2CCOCC2)cccc1-n1c(=O)[nH]c2cc(-c3ccccc3Cl)sc2c1=O. The highest BCUT2D eigenvalue weighted by Crippen LogP contribution is 2.35. The van der Waals surface area contributed by atoms with E-state index in [-0.39, 0.29) is 5.56 Å². The number of ether oxygens (including phenoxy) is 1. The number of halogens is 1. The third-order valence-corrected chi connectivity index (χ3v) is 7.45. The van der Waals surface area contributed by atoms with Crippen molar-refractivity contribution in [1.29, 1.82) is 0 Å². The highest BCUT2D eigenvalue weighted by molar-refractivity contribution is 7.22. The van der Waals surface area contributed by atoms with Gasteiger partial charge < -0.3 is 9.72 Å². The third kappa shape index (κ3) is 3.55. The van der Waals surface area contributed by atoms with E-state index < -0.39 is 5.69 Å². The van der Waals surface area contributed by atoms with Crippen LogP contribution in [0.1, 0.15) is 29.9 Å². The number of hydrogen-bond acceptors (Lipinski definition) is 4. The maximum absolute atomic E-state index is 13.4. The molecule has 1 fully saturated rings. The second kappa shape index (κ2) is 8.11. The van der Waals surface area contributed by atoms with Crippen LogP contribution in [0.25, 0.3) is 26.3 Å². The van der Waals surface area contributed by atoms with Crippen LogP contribution in [0.3, 0.4) is 0 Å². The number of hydrogen-bond donors (Lipinski definition) is 1. The largest absolute Gasteiger partial charge is 0.381 e. The van der Waals surface area contributed by atoms with E-state index in [1.165, 1.54) is 21.5 Å². The van der Waals surface area contributed by atoms with Crippen molar-refractivity contribution in [3.05, 3.63) is 85.5 Å². The Hall–Kier alpha value is -2.67. The zero-order valence-electron chi connectivity index (χ0n) is 17.0. The van der Waals surface area contributed by atoms with E-state index in [1.54, 1.807) is 0 Å². The average Bonchev–Trinajstić information content (AvgIpc) is 3.20. The van der Waals surface area contributed by atoms with Gasteiger partial charge in [0.15, 0.2) is 0 Å². The lowest BCUT2D eigenvalue weighted by atomic mass is 9.88. The number of aromatic nitrogens is 2. The highest BCUT2D eigenvalue weighted by Gasteiger charge is 2.21. The van der Waals surface area contributed by atoms with Crippen LogP contribution >= 0.6 is 22.9 Å². The van der Waals surface area contributed by atoms with Crippen LogP contribution in [0.5, 0.6) is 0 Å². The normalized spacial score (nSPS) is 14.9. The van der Waals surface area contributed by atoms with Crippen LogP contribution in [0, 0.1) is 6.92 Å². The van der Waals surface area contributed by atoms with Crippen LogP contribution in [0.15, 0.2) is 58.1 Å². The van der Waals surface area contributed by atoms with Crippen molar-refractivity contribution in [2.24, 2.45) is 0 Å². The van der Waals surface area contributed by atoms with E-state index in [9.17, 15) is 9.59 Å². The van der Waals surface area contributed by atoms with Gasteiger partial charge in [0.2, 0.25) is 0 Å². The predicted octanol–water partition coefficient (Wildman–Crippen LogP) is 5.26. The number of fused-ring (bicyclic) bond motifs is 1. The fourth-order valence-electron chi connectivity index (χ4n) is 4.35. The molecular formula is C24H21ClN2O3S. The molecule has 0 spiro atoms. The Labute approximate surface area is 187 Å². The second-order valence-corrected chi connectivity index (χ2v) is 9.24. The lowest BCUT2D eigenvalue weighted by Crippen LogP contribution is -2.33. The fraction of sp³-hybridized carbons (Fsp3) is 0.250. The summed E-state index contributed by atoms with van der Waals surface area (Å²) in [6.45, 7) is 3.46. The molecule has 0 radical (unpaired) electrons. The number of nitrogens with one attached hydrogen (secondary N) is 1. The number of rotatable bonds is 3. The van der Waals surface area contributed by atoms with Crippen molar-refractivity contribution >= 4 is 33.2 Å². The molecule has 2 aromatic carbocycles. The number of nitrogens with zero attached hydrogens (tertiary/aromatic N) is 1. The first kappa shape index (κ1) is 20.2. The van der Waals surface area contributed by atoms with E-state index in [1.807, 2.05) is 49.4 Å². The van der Waals surface area contributed by atoms with E-state index in [0.29, 0.717) is 26.8 Å². The molecule has 1 aliphatic rings. The van der Waals surface area contributed by atoms with Gasteiger partial charge in [-0.2, -0.15) is 0 Å². The Morgan fingerprint density at radius 3 is 2.65 bits per heavy atom. The Morgan fingerprint density at radius 1 is 1.10 bits per heavy atom. The van der Waals surface area contributed by atoms with E-state index in [0.717, 1.165) is 42.1 Å². The minimum atomic E-state index is -0.437. The molecule has 31 heavy (non-hydrogen) atoms. The zero-order valence-corrected chi connectivity index (χ0v) is 18.6. The van der Waals surface area contributed by atoms with Crippen LogP contribution in [-0.2, 0) is 4.74 Å². The van der Waals surface area contributed by atoms with Gasteiger partial charge in [0, 0.05) is 28.7 Å². The molecule has 4 aromatic rings. The van der Waals surface area contributed by atoms with Gasteiger partial charge in [0.05, 0.1) is 11.2 Å². The van der Waals surface area contributed by atoms with Crippen LogP contribution in [0.4, 0.5) is 0 Å². The Bertz CT molecular complexity index is 1400. The van der Waals surface area contributed by atoms with Gasteiger partial charge >= 0.3 is 5.69 Å². The van der Waals surface area contributed by atoms with Crippen LogP contribution in [-0.4, -0.2) is 22.8 Å². The van der Waals surface area contributed by atoms with Gasteiger partial charge in [-0.15, -0.1) is 11.3 Å². The maximum atomic E-state index is 13.4. The first-order valence-electron chi connectivity index (χ1n) is 10.3. The number of thiophene rings is 1. The van der Waals surface area contributed by atoms with E-state index in [4.69, 9.17) is 16.3 Å². The van der Waals surface area contributed by atoms with Crippen LogP contribution < -0.4 is 11.2 Å². The summed E-state index contributed by atoms with van der Waals surface area (Å²) < 4.78 is 7.25. The van der Waals surface area contributed by atoms with Gasteiger partial charge in [-0.1, -0.05) is 41.9 Å². The molecule has 5 rings (SSSR count). The molecular weight excluding hydrogens is 432 g/mol. The summed E-state index contributed by atoms with van der Waals surface area (Å²) in [7, 11) is 0. The van der Waals surface area contributed by atoms with Crippen molar-refractivity contribution < 1.29 is 4.74 Å². The molecule has 3 heterocycles. The minimum Gasteiger partial charge on any atom is -0.381 e. The molecule has 7 heteroatoms. The minimum absolute atomic E-state index is 0.311. The molecule has 0 amide bonds. The van der Waals surface area contributed by atoms with Gasteiger partial charge in [0.25, 0.3) is 5.56 Å². The summed E-state index contributed by atoms with van der Waals surface area (Å²) in [6.07, 6.45) is 1.89. The summed E-state index contributed by atoms with van der Waals surface area (Å²) in [5.74, 6) is 0.376. The molecule has 1 aliphatic heterocycles. The van der Waals surface area contributed by atoms with Gasteiger partial charge in [-0.25, -0.2) is 9.36 Å². The monoisotopic (exact) mass is 452 g/mol. The molecule has 2 aromatic heterocycles. The van der Waals surface area contributed by atoms with Crippen molar-refractivity contribution in [2.75, 3.05) is 13.2 Å².